The van der Waals surface area contributed by atoms with E-state index >= 15 is 0 Å². The summed E-state index contributed by atoms with van der Waals surface area (Å²) in [6.07, 6.45) is 3.67. The van der Waals surface area contributed by atoms with E-state index in [4.69, 9.17) is 0 Å². The van der Waals surface area contributed by atoms with Crippen molar-refractivity contribution < 1.29 is 0 Å². The van der Waals surface area contributed by atoms with Gasteiger partial charge in [-0.25, -0.2) is 4.98 Å². The van der Waals surface area contributed by atoms with E-state index in [1.807, 2.05) is 12.4 Å². The monoisotopic (exact) mass is 236 g/mol. The third kappa shape index (κ3) is 5.13. The van der Waals surface area contributed by atoms with E-state index in [9.17, 15) is 0 Å². The number of hydrogen-bond acceptors (Lipinski definition) is 4. The molecule has 0 aliphatic rings. The van der Waals surface area contributed by atoms with Crippen LogP contribution in [0.4, 0.5) is 5.82 Å². The van der Waals surface area contributed by atoms with Crippen LogP contribution >= 0.6 is 0 Å². The molecule has 4 nitrogen and oxygen atoms in total. The summed E-state index contributed by atoms with van der Waals surface area (Å²) in [5, 5.41) is 3.15. The second-order valence-electron chi connectivity index (χ2n) is 4.64. The fourth-order valence-electron chi connectivity index (χ4n) is 1.76. The highest BCUT2D eigenvalue weighted by Gasteiger charge is 2.07. The van der Waals surface area contributed by atoms with Gasteiger partial charge in [0.2, 0.25) is 0 Å². The molecule has 0 aliphatic heterocycles. The molecule has 4 heteroatoms. The standard InChI is InChI=1S/C13H24N4/c1-5-14-13-8-15-12(7-16-13)10-17(6-2)9-11(3)4/h7-8,11H,5-6,9-10H2,1-4H3,(H,14,16). The summed E-state index contributed by atoms with van der Waals surface area (Å²) in [5.74, 6) is 1.53. The molecule has 1 rings (SSSR count). The molecular weight excluding hydrogens is 212 g/mol. The van der Waals surface area contributed by atoms with E-state index < -0.39 is 0 Å². The van der Waals surface area contributed by atoms with E-state index in [-0.39, 0.29) is 0 Å². The molecule has 1 heterocycles. The van der Waals surface area contributed by atoms with Gasteiger partial charge in [0.15, 0.2) is 0 Å². The third-order valence-corrected chi connectivity index (χ3v) is 2.52. The van der Waals surface area contributed by atoms with Crippen molar-refractivity contribution in [3.63, 3.8) is 0 Å². The summed E-state index contributed by atoms with van der Waals surface area (Å²) in [6.45, 7) is 12.6. The van der Waals surface area contributed by atoms with Gasteiger partial charge in [0.25, 0.3) is 0 Å². The minimum atomic E-state index is 0.684. The Morgan fingerprint density at radius 1 is 1.24 bits per heavy atom. The number of rotatable bonds is 7. The lowest BCUT2D eigenvalue weighted by atomic mass is 10.2. The summed E-state index contributed by atoms with van der Waals surface area (Å²) in [6, 6.07) is 0. The van der Waals surface area contributed by atoms with Crippen LogP contribution in [0.1, 0.15) is 33.4 Å². The predicted octanol–water partition coefficient (Wildman–Crippen LogP) is 2.39. The van der Waals surface area contributed by atoms with Crippen LogP contribution in [0.5, 0.6) is 0 Å². The van der Waals surface area contributed by atoms with Gasteiger partial charge < -0.3 is 5.32 Å². The van der Waals surface area contributed by atoms with Crippen LogP contribution < -0.4 is 5.32 Å². The first-order chi connectivity index (χ1) is 8.15. The first kappa shape index (κ1) is 13.9. The van der Waals surface area contributed by atoms with Gasteiger partial charge in [0, 0.05) is 19.6 Å². The fourth-order valence-corrected chi connectivity index (χ4v) is 1.76. The zero-order valence-electron chi connectivity index (χ0n) is 11.4. The molecule has 1 aromatic heterocycles. The highest BCUT2D eigenvalue weighted by Crippen LogP contribution is 2.06. The van der Waals surface area contributed by atoms with E-state index in [1.54, 1.807) is 0 Å². The van der Waals surface area contributed by atoms with Crippen molar-refractivity contribution in [1.82, 2.24) is 14.9 Å². The van der Waals surface area contributed by atoms with Crippen LogP contribution in [0.3, 0.4) is 0 Å². The molecule has 0 unspecified atom stereocenters. The van der Waals surface area contributed by atoms with E-state index in [0.29, 0.717) is 5.92 Å². The molecule has 0 aromatic carbocycles. The third-order valence-electron chi connectivity index (χ3n) is 2.52. The Morgan fingerprint density at radius 2 is 2.00 bits per heavy atom. The van der Waals surface area contributed by atoms with Crippen molar-refractivity contribution in [3.05, 3.63) is 18.1 Å². The Hall–Kier alpha value is -1.16. The highest BCUT2D eigenvalue weighted by atomic mass is 15.1. The van der Waals surface area contributed by atoms with Gasteiger partial charge in [-0.15, -0.1) is 0 Å². The highest BCUT2D eigenvalue weighted by molar-refractivity contribution is 5.30. The number of nitrogens with zero attached hydrogens (tertiary/aromatic N) is 3. The van der Waals surface area contributed by atoms with Crippen LogP contribution in [0.15, 0.2) is 12.4 Å². The number of nitrogens with one attached hydrogen (secondary N) is 1. The van der Waals surface area contributed by atoms with Gasteiger partial charge in [-0.1, -0.05) is 20.8 Å². The van der Waals surface area contributed by atoms with E-state index in [2.05, 4.69) is 47.9 Å². The summed E-state index contributed by atoms with van der Waals surface area (Å²) in [4.78, 5) is 11.2. The van der Waals surface area contributed by atoms with Gasteiger partial charge in [0.1, 0.15) is 5.82 Å². The molecular formula is C13H24N4. The molecule has 0 atom stereocenters. The maximum absolute atomic E-state index is 4.43. The Balaban J connectivity index is 2.54. The average Bonchev–Trinajstić information content (AvgIpc) is 2.30. The van der Waals surface area contributed by atoms with Crippen LogP contribution in [-0.4, -0.2) is 34.5 Å². The fraction of sp³-hybridized carbons (Fsp3) is 0.692. The molecule has 96 valence electrons. The smallest absolute Gasteiger partial charge is 0.144 e. The molecule has 17 heavy (non-hydrogen) atoms. The second kappa shape index (κ2) is 7.22. The summed E-state index contributed by atoms with van der Waals surface area (Å²) >= 11 is 0. The number of hydrogen-bond donors (Lipinski definition) is 1. The van der Waals surface area contributed by atoms with Crippen molar-refractivity contribution >= 4 is 5.82 Å². The molecule has 0 spiro atoms. The lowest BCUT2D eigenvalue weighted by Gasteiger charge is -2.21. The van der Waals surface area contributed by atoms with E-state index in [1.165, 1.54) is 0 Å². The Kier molecular flexibility index (Phi) is 5.91. The number of aromatic nitrogens is 2. The van der Waals surface area contributed by atoms with Gasteiger partial charge in [0.05, 0.1) is 18.1 Å². The van der Waals surface area contributed by atoms with Crippen molar-refractivity contribution in [3.8, 4) is 0 Å². The minimum Gasteiger partial charge on any atom is -0.369 e. The van der Waals surface area contributed by atoms with Crippen LogP contribution in [-0.2, 0) is 6.54 Å². The summed E-state index contributed by atoms with van der Waals surface area (Å²) in [7, 11) is 0. The zero-order chi connectivity index (χ0) is 12.7. The van der Waals surface area contributed by atoms with Gasteiger partial charge in [-0.05, 0) is 19.4 Å². The van der Waals surface area contributed by atoms with Crippen molar-refractivity contribution in [2.75, 3.05) is 25.0 Å². The first-order valence-electron chi connectivity index (χ1n) is 6.42. The largest absolute Gasteiger partial charge is 0.369 e. The maximum atomic E-state index is 4.43. The SMILES string of the molecule is CCNc1cnc(CN(CC)CC(C)C)cn1. The summed E-state index contributed by atoms with van der Waals surface area (Å²) in [5.41, 5.74) is 1.04. The van der Waals surface area contributed by atoms with Gasteiger partial charge >= 0.3 is 0 Å². The molecule has 1 aromatic rings. The Labute approximate surface area is 104 Å². The van der Waals surface area contributed by atoms with Crippen LogP contribution in [0.25, 0.3) is 0 Å². The molecule has 0 fully saturated rings. The summed E-state index contributed by atoms with van der Waals surface area (Å²) < 4.78 is 0. The minimum absolute atomic E-state index is 0.684. The van der Waals surface area contributed by atoms with Crippen molar-refractivity contribution in [2.24, 2.45) is 5.92 Å². The average molecular weight is 236 g/mol. The second-order valence-corrected chi connectivity index (χ2v) is 4.64. The molecule has 0 aliphatic carbocycles. The molecule has 0 amide bonds. The lowest BCUT2D eigenvalue weighted by molar-refractivity contribution is 0.245. The quantitative estimate of drug-likeness (QED) is 0.789. The predicted molar refractivity (Wildman–Crippen MR) is 72.0 cm³/mol. The molecule has 0 radical (unpaired) electrons. The number of anilines is 1. The van der Waals surface area contributed by atoms with Crippen molar-refractivity contribution in [1.29, 1.82) is 0 Å². The first-order valence-corrected chi connectivity index (χ1v) is 6.42. The zero-order valence-corrected chi connectivity index (χ0v) is 11.4. The molecule has 0 saturated heterocycles. The van der Waals surface area contributed by atoms with E-state index in [0.717, 1.165) is 37.7 Å². The normalized spacial score (nSPS) is 11.2. The Bertz CT molecular complexity index is 308. The molecule has 1 N–H and O–H groups in total. The topological polar surface area (TPSA) is 41.1 Å². The van der Waals surface area contributed by atoms with Gasteiger partial charge in [-0.2, -0.15) is 0 Å². The lowest BCUT2D eigenvalue weighted by Crippen LogP contribution is -2.27. The maximum Gasteiger partial charge on any atom is 0.144 e. The van der Waals surface area contributed by atoms with Crippen LogP contribution in [0, 0.1) is 5.92 Å². The Morgan fingerprint density at radius 3 is 2.47 bits per heavy atom. The molecule has 0 bridgehead atoms. The molecule has 0 saturated carbocycles. The van der Waals surface area contributed by atoms with Crippen molar-refractivity contribution in [2.45, 2.75) is 34.2 Å². The van der Waals surface area contributed by atoms with Crippen LogP contribution in [0.2, 0.25) is 0 Å². The van der Waals surface area contributed by atoms with Gasteiger partial charge in [-0.3, -0.25) is 9.88 Å².